The van der Waals surface area contributed by atoms with Crippen LogP contribution in [-0.2, 0) is 48.2 Å². The Kier molecular flexibility index (Phi) is 10.1. The van der Waals surface area contributed by atoms with Crippen LogP contribution in [0.15, 0.2) is 0 Å². The predicted octanol–water partition coefficient (Wildman–Crippen LogP) is 7.87. The Labute approximate surface area is 333 Å². The summed E-state index contributed by atoms with van der Waals surface area (Å²) >= 11 is 0. The molecule has 9 atom stereocenters. The van der Waals surface area contributed by atoms with Crippen LogP contribution in [0.5, 0.6) is 0 Å². The molecular weight excluding hydrogens is 716 g/mol. The smallest absolute Gasteiger partial charge is 0.246 e. The van der Waals surface area contributed by atoms with Crippen LogP contribution in [0.3, 0.4) is 0 Å². The summed E-state index contributed by atoms with van der Waals surface area (Å²) in [5.74, 6) is -0.660. The number of hydrogen-bond donors (Lipinski definition) is 1. The van der Waals surface area contributed by atoms with E-state index in [1.54, 1.807) is 0 Å². The standard InChI is InChI=1S/C23H36N2O6.C21H32O4/c1-13-7-8-16-14(2)19(28)25(24-18(27)10-9-17(26)21(3,4)5)20-23(16)15(13)11-12-22(6,29-20)30-31-23;1-18(2,3)17(22)19-11-14-9-15(12-19)21(16(10-14)13-19)23-20(24-25-21)7-5-4-6-8-20/h13-16,20H,7-12H2,1-6H3,(H,24,27);14-16H,4-13H2,1-3H3. The highest BCUT2D eigenvalue weighted by Gasteiger charge is 2.73. The fourth-order valence-corrected chi connectivity index (χ4v) is 13.0. The molecule has 0 aromatic carbocycles. The van der Waals surface area contributed by atoms with Crippen LogP contribution >= 0.6 is 0 Å². The van der Waals surface area contributed by atoms with Crippen LogP contribution in [0, 0.1) is 57.7 Å². The normalized spacial score (nSPS) is 44.6. The zero-order valence-corrected chi connectivity index (χ0v) is 35.5. The minimum atomic E-state index is -0.969. The highest BCUT2D eigenvalue weighted by molar-refractivity contribution is 5.90. The Hall–Kier alpha value is -1.96. The average molecular weight is 785 g/mol. The lowest BCUT2D eigenvalue weighted by Gasteiger charge is -2.62. The molecule has 5 saturated heterocycles. The quantitative estimate of drug-likeness (QED) is 0.274. The first-order valence-corrected chi connectivity index (χ1v) is 22.0. The molecular formula is C44H68N2O10. The fourth-order valence-electron chi connectivity index (χ4n) is 13.0. The first-order valence-electron chi connectivity index (χ1n) is 22.0. The van der Waals surface area contributed by atoms with Gasteiger partial charge in [0.1, 0.15) is 11.6 Å². The molecule has 6 aliphatic carbocycles. The molecule has 9 unspecified atom stereocenters. The summed E-state index contributed by atoms with van der Waals surface area (Å²) in [5.41, 5.74) is 1.04. The van der Waals surface area contributed by atoms with Gasteiger partial charge in [0.2, 0.25) is 29.2 Å². The van der Waals surface area contributed by atoms with Gasteiger partial charge in [-0.3, -0.25) is 24.6 Å². The number of hydrogen-bond acceptors (Lipinski definition) is 10. The lowest BCUT2D eigenvalue weighted by atomic mass is 9.45. The summed E-state index contributed by atoms with van der Waals surface area (Å²) in [6.45, 7) is 17.7. The molecule has 6 saturated carbocycles. The SMILES string of the molecule is CC(C)(C)C(=O)C12CC3CC(C1)C1(OOC4(CCCCC4)O1)C(C3)C2.CC1CCC2C(C)C(=O)N(NC(=O)CCC(=O)C(C)(C)C)C3OC4(C)CCC1C23OO4. The largest absolute Gasteiger partial charge is 0.319 e. The van der Waals surface area contributed by atoms with Crippen molar-refractivity contribution in [1.29, 1.82) is 0 Å². The van der Waals surface area contributed by atoms with E-state index in [1.807, 2.05) is 34.6 Å². The van der Waals surface area contributed by atoms with E-state index in [9.17, 15) is 19.2 Å². The summed E-state index contributed by atoms with van der Waals surface area (Å²) in [6.07, 6.45) is 13.5. The van der Waals surface area contributed by atoms with Crippen molar-refractivity contribution in [2.24, 2.45) is 57.7 Å². The molecule has 11 rings (SSSR count). The minimum Gasteiger partial charge on any atom is -0.319 e. The molecule has 1 N–H and O–H groups in total. The Morgan fingerprint density at radius 2 is 1.46 bits per heavy atom. The van der Waals surface area contributed by atoms with E-state index < -0.39 is 34.6 Å². The van der Waals surface area contributed by atoms with Crippen molar-refractivity contribution in [3.05, 3.63) is 0 Å². The lowest BCUT2D eigenvalue weighted by Crippen LogP contribution is -2.77. The van der Waals surface area contributed by atoms with Crippen molar-refractivity contribution < 1.29 is 48.2 Å². The molecule has 5 aliphatic heterocycles. The maximum absolute atomic E-state index is 13.4. The lowest BCUT2D eigenvalue weighted by molar-refractivity contribution is -0.549. The number of ketones is 2. The topological polar surface area (TPSA) is 139 Å². The fraction of sp³-hybridized carbons (Fsp3) is 0.909. The van der Waals surface area contributed by atoms with E-state index in [0.29, 0.717) is 35.9 Å². The number of rotatable bonds is 5. The van der Waals surface area contributed by atoms with Gasteiger partial charge in [0, 0.05) is 72.0 Å². The maximum Gasteiger partial charge on any atom is 0.246 e. The van der Waals surface area contributed by atoms with Gasteiger partial charge in [0.05, 0.1) is 0 Å². The van der Waals surface area contributed by atoms with E-state index in [1.165, 1.54) is 11.4 Å². The third-order valence-electron chi connectivity index (χ3n) is 15.7. The van der Waals surface area contributed by atoms with E-state index in [2.05, 4.69) is 33.1 Å². The second-order valence-corrected chi connectivity index (χ2v) is 21.8. The molecule has 2 amide bonds. The van der Waals surface area contributed by atoms with Crippen LogP contribution in [0.25, 0.3) is 0 Å². The number of nitrogens with zero attached hydrogens (tertiary/aromatic N) is 1. The summed E-state index contributed by atoms with van der Waals surface area (Å²) < 4.78 is 13.1. The van der Waals surface area contributed by atoms with Gasteiger partial charge in [-0.25, -0.2) is 14.8 Å². The number of ether oxygens (including phenoxy) is 2. The van der Waals surface area contributed by atoms with Crippen molar-refractivity contribution in [3.63, 3.8) is 0 Å². The van der Waals surface area contributed by atoms with Crippen LogP contribution in [0.1, 0.15) is 165 Å². The second-order valence-electron chi connectivity index (χ2n) is 21.8. The van der Waals surface area contributed by atoms with Gasteiger partial charge in [-0.2, -0.15) is 9.78 Å². The van der Waals surface area contributed by atoms with Crippen molar-refractivity contribution in [2.75, 3.05) is 0 Å². The van der Waals surface area contributed by atoms with Crippen molar-refractivity contribution in [1.82, 2.24) is 10.4 Å². The zero-order valence-electron chi connectivity index (χ0n) is 35.5. The number of fused-ring (bicyclic) bond motifs is 2. The van der Waals surface area contributed by atoms with Crippen molar-refractivity contribution in [3.8, 4) is 0 Å². The number of nitrogens with one attached hydrogen (secondary N) is 1. The van der Waals surface area contributed by atoms with Gasteiger partial charge in [0.25, 0.3) is 0 Å². The van der Waals surface area contributed by atoms with Gasteiger partial charge >= 0.3 is 0 Å². The van der Waals surface area contributed by atoms with E-state index in [-0.39, 0.29) is 59.0 Å². The first-order chi connectivity index (χ1) is 26.2. The molecule has 0 aromatic rings. The van der Waals surface area contributed by atoms with Crippen LogP contribution in [0.4, 0.5) is 0 Å². The number of piperidine rings is 1. The Morgan fingerprint density at radius 3 is 2.11 bits per heavy atom. The molecule has 56 heavy (non-hydrogen) atoms. The highest BCUT2D eigenvalue weighted by Crippen LogP contribution is 2.69. The Balaban J connectivity index is 0.000000161. The number of carbonyl (C=O) groups excluding carboxylic acids is 4. The second kappa shape index (κ2) is 13.8. The molecule has 6 bridgehead atoms. The van der Waals surface area contributed by atoms with Crippen LogP contribution in [-0.4, -0.2) is 57.6 Å². The summed E-state index contributed by atoms with van der Waals surface area (Å²) in [5, 5.41) is 1.34. The highest BCUT2D eigenvalue weighted by atomic mass is 17.3. The number of Topliss-reactive ketones (excluding diaryl/α,β-unsaturated/α-hetero) is 2. The number of hydrazine groups is 1. The maximum atomic E-state index is 13.4. The molecule has 11 aliphatic rings. The molecule has 314 valence electrons. The average Bonchev–Trinajstić information content (AvgIpc) is 3.33. The van der Waals surface area contributed by atoms with E-state index in [4.69, 9.17) is 29.0 Å². The summed E-state index contributed by atoms with van der Waals surface area (Å²) in [7, 11) is 0. The van der Waals surface area contributed by atoms with Gasteiger partial charge < -0.3 is 9.47 Å². The minimum absolute atomic E-state index is 0.00911. The third-order valence-corrected chi connectivity index (χ3v) is 15.7. The van der Waals surface area contributed by atoms with E-state index >= 15 is 0 Å². The molecule has 0 aromatic heterocycles. The molecule has 11 fully saturated rings. The Bertz CT molecular complexity index is 1580. The first kappa shape index (κ1) is 40.8. The van der Waals surface area contributed by atoms with E-state index in [0.717, 1.165) is 77.0 Å². The predicted molar refractivity (Wildman–Crippen MR) is 203 cm³/mol. The van der Waals surface area contributed by atoms with Gasteiger partial charge in [-0.1, -0.05) is 61.8 Å². The third kappa shape index (κ3) is 6.53. The Morgan fingerprint density at radius 1 is 0.786 bits per heavy atom. The number of carbonyl (C=O) groups is 4. The van der Waals surface area contributed by atoms with Crippen molar-refractivity contribution >= 4 is 23.4 Å². The monoisotopic (exact) mass is 784 g/mol. The molecule has 12 nitrogen and oxygen atoms in total. The molecule has 12 heteroatoms. The number of amides is 2. The van der Waals surface area contributed by atoms with Gasteiger partial charge in [-0.15, -0.1) is 0 Å². The van der Waals surface area contributed by atoms with Gasteiger partial charge in [-0.05, 0) is 88.9 Å². The molecule has 5 heterocycles. The molecule has 0 radical (unpaired) electrons. The van der Waals surface area contributed by atoms with Crippen LogP contribution < -0.4 is 5.43 Å². The molecule has 3 spiro atoms. The summed E-state index contributed by atoms with van der Waals surface area (Å²) in [6, 6.07) is 0. The van der Waals surface area contributed by atoms with Gasteiger partial charge in [0.15, 0.2) is 11.8 Å². The van der Waals surface area contributed by atoms with Crippen molar-refractivity contribution in [2.45, 2.75) is 194 Å². The zero-order chi connectivity index (χ0) is 40.3. The van der Waals surface area contributed by atoms with Crippen LogP contribution in [0.2, 0.25) is 0 Å². The summed E-state index contributed by atoms with van der Waals surface area (Å²) in [4.78, 5) is 75.6.